The van der Waals surface area contributed by atoms with E-state index in [1.807, 2.05) is 12.1 Å². The highest BCUT2D eigenvalue weighted by atomic mass is 16.6. The third kappa shape index (κ3) is 18.3. The molecule has 0 aliphatic rings. The van der Waals surface area contributed by atoms with Crippen LogP contribution in [-0.2, 0) is 64.4 Å². The number of rotatable bonds is 21. The Kier molecular flexibility index (Phi) is 19.3. The van der Waals surface area contributed by atoms with Gasteiger partial charge in [-0.2, -0.15) is 9.97 Å². The smallest absolute Gasteiger partial charge is 0.413 e. The number of amides is 6. The van der Waals surface area contributed by atoms with Gasteiger partial charge in [-0.25, -0.2) is 24.0 Å². The highest BCUT2D eigenvalue weighted by Crippen LogP contribution is 2.09. The average molecular weight is 917 g/mol. The zero-order chi connectivity index (χ0) is 48.1. The summed E-state index contributed by atoms with van der Waals surface area (Å²) in [7, 11) is 0. The molecule has 0 saturated heterocycles. The van der Waals surface area contributed by atoms with Crippen LogP contribution in [0.3, 0.4) is 0 Å². The van der Waals surface area contributed by atoms with Gasteiger partial charge < -0.3 is 40.2 Å². The lowest BCUT2D eigenvalue weighted by molar-refractivity contribution is -0.143. The molecule has 6 amide bonds. The Morgan fingerprint density at radius 3 is 1.50 bits per heavy atom. The number of hydrogen-bond acceptors (Lipinski definition) is 15. The summed E-state index contributed by atoms with van der Waals surface area (Å²) in [6, 6.07) is 17.8. The molecule has 23 nitrogen and oxygen atoms in total. The molecule has 4 aromatic rings. The lowest BCUT2D eigenvalue weighted by Crippen LogP contribution is -2.53. The first-order valence-electron chi connectivity index (χ1n) is 20.6. The molecule has 2 aromatic heterocycles. The topological polar surface area (TPSA) is 298 Å². The zero-order valence-corrected chi connectivity index (χ0v) is 36.7. The van der Waals surface area contributed by atoms with Gasteiger partial charge in [-0.3, -0.25) is 38.9 Å². The first kappa shape index (κ1) is 50.5. The maximum absolute atomic E-state index is 13.5. The fourth-order valence-corrected chi connectivity index (χ4v) is 5.62. The van der Waals surface area contributed by atoms with Crippen LogP contribution in [0.15, 0.2) is 94.8 Å². The quantitative estimate of drug-likeness (QED) is 0.0514. The van der Waals surface area contributed by atoms with Crippen molar-refractivity contribution in [2.24, 2.45) is 0 Å². The fraction of sp³-hybridized carbons (Fsp3) is 0.372. The number of benzene rings is 2. The van der Waals surface area contributed by atoms with Crippen LogP contribution >= 0.6 is 0 Å². The van der Waals surface area contributed by atoms with E-state index < -0.39 is 84.1 Å². The molecule has 66 heavy (non-hydrogen) atoms. The van der Waals surface area contributed by atoms with Crippen molar-refractivity contribution in [1.29, 1.82) is 0 Å². The number of ether oxygens (including phenoxy) is 4. The van der Waals surface area contributed by atoms with Crippen molar-refractivity contribution in [1.82, 2.24) is 40.4 Å². The van der Waals surface area contributed by atoms with E-state index in [0.29, 0.717) is 0 Å². The van der Waals surface area contributed by atoms with E-state index in [4.69, 9.17) is 18.9 Å². The minimum absolute atomic E-state index is 0.0143. The van der Waals surface area contributed by atoms with Crippen LogP contribution in [0.25, 0.3) is 0 Å². The molecule has 0 fully saturated rings. The van der Waals surface area contributed by atoms with Crippen LogP contribution in [0.5, 0.6) is 0 Å². The van der Waals surface area contributed by atoms with Crippen molar-refractivity contribution in [2.45, 2.75) is 84.5 Å². The Labute approximate surface area is 378 Å². The Morgan fingerprint density at radius 2 is 1.06 bits per heavy atom. The molecule has 0 unspecified atom stereocenters. The predicted molar refractivity (Wildman–Crippen MR) is 234 cm³/mol. The normalized spacial score (nSPS) is 11.7. The van der Waals surface area contributed by atoms with Gasteiger partial charge in [0.1, 0.15) is 49.1 Å². The van der Waals surface area contributed by atoms with Gasteiger partial charge >= 0.3 is 35.6 Å². The Balaban J connectivity index is 1.37. The molecule has 0 spiro atoms. The highest BCUT2D eigenvalue weighted by molar-refractivity contribution is 5.93. The van der Waals surface area contributed by atoms with Gasteiger partial charge in [-0.15, -0.1) is 0 Å². The molecule has 0 aliphatic carbocycles. The molecule has 4 rings (SSSR count). The molecule has 6 N–H and O–H groups in total. The number of aryl methyl sites for hydroxylation is 2. The fourth-order valence-electron chi connectivity index (χ4n) is 5.62. The molecular weight excluding hydrogens is 865 g/mol. The standard InChI is InChI=1S/C43H52N10O13/c1-5-63-35(55)25-45-36(56)30(16-20-52-22-18-32(48-38(52)58)50-40(60)64-26-28-12-8-6-9-13-28)46-34(54)24-44-37(57)31(47-42(62)66-43(2,3)4)17-21-53-23-19-33(49-39(53)59)51-41(61)65-27-29-14-10-7-11-15-29/h6-15,18-19,22-23,30-31H,5,16-17,20-21,24-27H2,1-4H3,(H,44,57)(H,45,56)(H,46,54)(H,47,62)(H,48,50,58,60)(H,49,51,59,61)/t30-,31-/m0/s1. The summed E-state index contributed by atoms with van der Waals surface area (Å²) in [6.45, 7) is 4.82. The maximum Gasteiger partial charge on any atom is 0.413 e. The van der Waals surface area contributed by atoms with Crippen molar-refractivity contribution >= 4 is 53.6 Å². The monoisotopic (exact) mass is 916 g/mol. The van der Waals surface area contributed by atoms with Gasteiger partial charge in [0.05, 0.1) is 13.2 Å². The Hall–Kier alpha value is -8.11. The second-order valence-corrected chi connectivity index (χ2v) is 15.1. The van der Waals surface area contributed by atoms with E-state index in [-0.39, 0.29) is 57.4 Å². The minimum Gasteiger partial charge on any atom is -0.465 e. The molecule has 0 saturated carbocycles. The molecule has 0 bridgehead atoms. The first-order chi connectivity index (χ1) is 31.5. The molecule has 2 atom stereocenters. The summed E-state index contributed by atoms with van der Waals surface area (Å²) >= 11 is 0. The number of carbonyl (C=O) groups is 7. The van der Waals surface area contributed by atoms with Gasteiger partial charge in [0.25, 0.3) is 0 Å². The number of nitrogens with zero attached hydrogens (tertiary/aromatic N) is 4. The van der Waals surface area contributed by atoms with Gasteiger partial charge in [0.15, 0.2) is 0 Å². The number of carbonyl (C=O) groups excluding carboxylic acids is 7. The molecule has 2 heterocycles. The Morgan fingerprint density at radius 1 is 0.606 bits per heavy atom. The second-order valence-electron chi connectivity index (χ2n) is 15.1. The van der Waals surface area contributed by atoms with E-state index >= 15 is 0 Å². The van der Waals surface area contributed by atoms with Crippen molar-refractivity contribution in [3.05, 3.63) is 117 Å². The van der Waals surface area contributed by atoms with Crippen LogP contribution in [-0.4, -0.2) is 98.5 Å². The van der Waals surface area contributed by atoms with Crippen LogP contribution in [0.1, 0.15) is 51.7 Å². The van der Waals surface area contributed by atoms with E-state index in [2.05, 4.69) is 41.9 Å². The van der Waals surface area contributed by atoms with Crippen molar-refractivity contribution in [3.63, 3.8) is 0 Å². The summed E-state index contributed by atoms with van der Waals surface area (Å²) in [5.74, 6) is -3.51. The van der Waals surface area contributed by atoms with E-state index in [0.717, 1.165) is 20.3 Å². The van der Waals surface area contributed by atoms with E-state index in [1.54, 1.807) is 76.2 Å². The van der Waals surface area contributed by atoms with Crippen molar-refractivity contribution in [2.75, 3.05) is 30.3 Å². The lowest BCUT2D eigenvalue weighted by atomic mass is 10.1. The number of hydrogen-bond donors (Lipinski definition) is 6. The summed E-state index contributed by atoms with van der Waals surface area (Å²) in [6.07, 6.45) is -0.472. The zero-order valence-electron chi connectivity index (χ0n) is 36.7. The molecule has 23 heteroatoms. The summed E-state index contributed by atoms with van der Waals surface area (Å²) in [5.41, 5.74) is -1.07. The third-order valence-corrected chi connectivity index (χ3v) is 8.75. The molecule has 0 radical (unpaired) electrons. The van der Waals surface area contributed by atoms with Crippen molar-refractivity contribution < 1.29 is 52.5 Å². The average Bonchev–Trinajstić information content (AvgIpc) is 3.27. The number of esters is 1. The molecule has 352 valence electrons. The largest absolute Gasteiger partial charge is 0.465 e. The van der Waals surface area contributed by atoms with Crippen molar-refractivity contribution in [3.8, 4) is 0 Å². The molecular formula is C43H52N10O13. The highest BCUT2D eigenvalue weighted by Gasteiger charge is 2.27. The minimum atomic E-state index is -1.36. The summed E-state index contributed by atoms with van der Waals surface area (Å²) in [4.78, 5) is 122. The van der Waals surface area contributed by atoms with E-state index in [9.17, 15) is 43.2 Å². The van der Waals surface area contributed by atoms with Gasteiger partial charge in [-0.05, 0) is 63.8 Å². The first-order valence-corrected chi connectivity index (χ1v) is 20.6. The number of alkyl carbamates (subject to hydrolysis) is 1. The van der Waals surface area contributed by atoms with Crippen LogP contribution in [0.2, 0.25) is 0 Å². The van der Waals surface area contributed by atoms with Gasteiger partial charge in [0, 0.05) is 25.5 Å². The summed E-state index contributed by atoms with van der Waals surface area (Å²) in [5, 5.41) is 14.4. The number of nitrogens with one attached hydrogen (secondary N) is 6. The molecule has 0 aliphatic heterocycles. The van der Waals surface area contributed by atoms with Gasteiger partial charge in [-0.1, -0.05) is 60.7 Å². The van der Waals surface area contributed by atoms with Gasteiger partial charge in [0.2, 0.25) is 17.7 Å². The van der Waals surface area contributed by atoms with Crippen LogP contribution in [0.4, 0.5) is 26.0 Å². The number of aromatic nitrogens is 4. The number of anilines is 2. The third-order valence-electron chi connectivity index (χ3n) is 8.75. The van der Waals surface area contributed by atoms with Crippen LogP contribution < -0.4 is 43.3 Å². The SMILES string of the molecule is CCOC(=O)CNC(=O)[C@H](CCn1ccc(NC(=O)OCc2ccccc2)nc1=O)NC(=O)CNC(=O)[C@H](CCn1ccc(NC(=O)OCc2ccccc2)nc1=O)NC(=O)OC(C)(C)C. The summed E-state index contributed by atoms with van der Waals surface area (Å²) < 4.78 is 22.7. The lowest BCUT2D eigenvalue weighted by Gasteiger charge is -2.23. The second kappa shape index (κ2) is 25.3. The van der Waals surface area contributed by atoms with E-state index in [1.165, 1.54) is 24.5 Å². The predicted octanol–water partition coefficient (Wildman–Crippen LogP) is 1.95. The Bertz CT molecular complexity index is 2420. The maximum atomic E-state index is 13.5. The van der Waals surface area contributed by atoms with Crippen LogP contribution in [0, 0.1) is 0 Å². The molecule has 2 aromatic carbocycles.